The molecule has 210 valence electrons. The number of aromatic hydroxyl groups is 1. The van der Waals surface area contributed by atoms with Crippen LogP contribution in [-0.2, 0) is 16.0 Å². The first-order valence-electron chi connectivity index (χ1n) is 14.3. The molecule has 1 aliphatic heterocycles. The summed E-state index contributed by atoms with van der Waals surface area (Å²) in [4.78, 5) is 30.7. The number of aliphatic hydroxyl groups is 1. The zero-order chi connectivity index (χ0) is 28.3. The predicted molar refractivity (Wildman–Crippen MR) is 154 cm³/mol. The number of likely N-dealkylation sites (N-methyl/N-ethyl adjacent to an activating group) is 1. The summed E-state index contributed by atoms with van der Waals surface area (Å²) in [7, 11) is 2.15. The molecular weight excluding hydrogens is 490 g/mol. The van der Waals surface area contributed by atoms with E-state index in [1.54, 1.807) is 6.07 Å². The van der Waals surface area contributed by atoms with Gasteiger partial charge in [0.05, 0.1) is 6.10 Å². The van der Waals surface area contributed by atoms with Crippen LogP contribution in [0.4, 0.5) is 0 Å². The number of fused-ring (bicyclic) bond motifs is 3. The number of Topliss-reactive ketones (excluding diaryl/α,β-unsaturated/α-hetero) is 1. The smallest absolute Gasteiger partial charge is 0.230 e. The number of aliphatic hydroxyl groups excluding tert-OH is 1. The number of nitrogens with zero attached hydrogens (tertiary/aromatic N) is 2. The Morgan fingerprint density at radius 2 is 1.87 bits per heavy atom. The van der Waals surface area contributed by atoms with Crippen molar-refractivity contribution in [1.29, 1.82) is 0 Å². The highest BCUT2D eigenvalue weighted by atomic mass is 16.3. The molecule has 1 saturated heterocycles. The monoisotopic (exact) mass is 533 g/mol. The summed E-state index contributed by atoms with van der Waals surface area (Å²) in [5, 5.41) is 22.2. The van der Waals surface area contributed by atoms with E-state index >= 15 is 0 Å². The van der Waals surface area contributed by atoms with Gasteiger partial charge in [-0.2, -0.15) is 0 Å². The van der Waals surface area contributed by atoms with Gasteiger partial charge >= 0.3 is 0 Å². The standard InChI is InChI=1S/C32H43N3O4/c1-16(2)25-23-14-20-13-22-21(17(3)15-35-11-9-34(6)10-12-35)7-8-24(36)27(22)18(4)26(20)19(5)28(23)31(38)29(30(25)37)32(33)39/h7-8,16,20,23,25,28-30,36-37H,3-4,9-15H2,1-2,5-6H3,(H2,33,39)/t20-,23-,25-,28?,29?,30?/m0/s1. The third kappa shape index (κ3) is 4.58. The number of carbonyl (C=O) groups excluding carboxylic acids is 2. The van der Waals surface area contributed by atoms with Gasteiger partial charge in [-0.15, -0.1) is 0 Å². The fourth-order valence-corrected chi connectivity index (χ4v) is 8.16. The van der Waals surface area contributed by atoms with Crippen molar-refractivity contribution in [2.24, 2.45) is 41.2 Å². The van der Waals surface area contributed by atoms with Crippen LogP contribution in [0.3, 0.4) is 0 Å². The predicted octanol–water partition coefficient (Wildman–Crippen LogP) is 3.11. The van der Waals surface area contributed by atoms with E-state index in [9.17, 15) is 19.8 Å². The molecule has 39 heavy (non-hydrogen) atoms. The number of hydrogen-bond acceptors (Lipinski definition) is 6. The van der Waals surface area contributed by atoms with E-state index in [0.717, 1.165) is 71.7 Å². The Kier molecular flexibility index (Phi) is 7.38. The molecule has 0 spiro atoms. The van der Waals surface area contributed by atoms with Crippen molar-refractivity contribution in [3.63, 3.8) is 0 Å². The van der Waals surface area contributed by atoms with Gasteiger partial charge < -0.3 is 20.8 Å². The molecular formula is C32H43N3O4. The Labute approximate surface area is 232 Å². The van der Waals surface area contributed by atoms with E-state index in [-0.39, 0.29) is 35.2 Å². The van der Waals surface area contributed by atoms with Gasteiger partial charge in [-0.05, 0) is 84.4 Å². The third-order valence-corrected chi connectivity index (χ3v) is 9.96. The highest BCUT2D eigenvalue weighted by molar-refractivity contribution is 6.05. The Bertz CT molecular complexity index is 1260. The van der Waals surface area contributed by atoms with Crippen molar-refractivity contribution in [1.82, 2.24) is 9.80 Å². The number of rotatable bonds is 5. The van der Waals surface area contributed by atoms with E-state index in [1.807, 2.05) is 26.8 Å². The lowest BCUT2D eigenvalue weighted by Crippen LogP contribution is -2.57. The topological polar surface area (TPSA) is 107 Å². The van der Waals surface area contributed by atoms with Gasteiger partial charge in [-0.25, -0.2) is 0 Å². The molecule has 7 heteroatoms. The van der Waals surface area contributed by atoms with Gasteiger partial charge in [0.2, 0.25) is 5.91 Å². The Morgan fingerprint density at radius 3 is 2.49 bits per heavy atom. The quantitative estimate of drug-likeness (QED) is 0.502. The average Bonchev–Trinajstić information content (AvgIpc) is 2.84. The number of benzene rings is 1. The van der Waals surface area contributed by atoms with E-state index < -0.39 is 23.8 Å². The molecule has 1 amide bonds. The Hall–Kier alpha value is -2.74. The first-order chi connectivity index (χ1) is 18.4. The van der Waals surface area contributed by atoms with E-state index in [2.05, 4.69) is 30.0 Å². The maximum Gasteiger partial charge on any atom is 0.230 e. The fourth-order valence-electron chi connectivity index (χ4n) is 8.16. The van der Waals surface area contributed by atoms with Gasteiger partial charge in [0, 0.05) is 44.2 Å². The van der Waals surface area contributed by atoms with Crippen LogP contribution in [0.15, 0.2) is 36.4 Å². The summed E-state index contributed by atoms with van der Waals surface area (Å²) in [6, 6.07) is 3.71. The first-order valence-corrected chi connectivity index (χ1v) is 14.3. The lowest BCUT2D eigenvalue weighted by Gasteiger charge is -2.51. The molecule has 1 aromatic rings. The van der Waals surface area contributed by atoms with Crippen LogP contribution in [-0.4, -0.2) is 77.6 Å². The number of ketones is 1. The zero-order valence-electron chi connectivity index (χ0n) is 23.7. The molecule has 5 rings (SSSR count). The number of hydrogen-bond donors (Lipinski definition) is 3. The third-order valence-electron chi connectivity index (χ3n) is 9.96. The van der Waals surface area contributed by atoms with Crippen molar-refractivity contribution in [2.75, 3.05) is 39.8 Å². The van der Waals surface area contributed by atoms with Crippen LogP contribution in [0, 0.1) is 35.5 Å². The Balaban J connectivity index is 1.54. The number of carbonyl (C=O) groups is 2. The fraction of sp³-hybridized carbons (Fsp3) is 0.562. The van der Waals surface area contributed by atoms with Crippen molar-refractivity contribution in [3.05, 3.63) is 53.1 Å². The second-order valence-corrected chi connectivity index (χ2v) is 12.6. The van der Waals surface area contributed by atoms with Crippen molar-refractivity contribution in [3.8, 4) is 5.75 Å². The molecule has 1 saturated carbocycles. The number of phenols is 1. The van der Waals surface area contributed by atoms with Crippen LogP contribution < -0.4 is 5.73 Å². The molecule has 0 bridgehead atoms. The molecule has 0 aromatic heterocycles. The van der Waals surface area contributed by atoms with Crippen LogP contribution in [0.1, 0.15) is 43.9 Å². The number of piperazine rings is 1. The number of phenolic OH excluding ortho intramolecular Hbond substituents is 1. The minimum atomic E-state index is -1.20. The van der Waals surface area contributed by atoms with Gasteiger partial charge in [0.25, 0.3) is 0 Å². The number of allylic oxidation sites excluding steroid dienone is 3. The summed E-state index contributed by atoms with van der Waals surface area (Å²) in [5.74, 6) is -2.65. The molecule has 1 aromatic carbocycles. The zero-order valence-corrected chi connectivity index (χ0v) is 23.7. The summed E-state index contributed by atoms with van der Waals surface area (Å²) in [6.45, 7) is 19.8. The SMILES string of the molecule is C=C(CN1CCN(C)CC1)c1ccc(O)c2c1C[C@H]1C[C@@H]3C(C(=O)C(C(N)=O)C(O)[C@H]3C(C)C)C(C)=C1C2=C. The number of nitrogens with two attached hydrogens (primary N) is 1. The van der Waals surface area contributed by atoms with Gasteiger partial charge in [-0.3, -0.25) is 14.5 Å². The highest BCUT2D eigenvalue weighted by Gasteiger charge is 2.56. The number of amides is 1. The lowest BCUT2D eigenvalue weighted by atomic mass is 9.53. The minimum Gasteiger partial charge on any atom is -0.507 e. The molecule has 1 heterocycles. The summed E-state index contributed by atoms with van der Waals surface area (Å²) >= 11 is 0. The second-order valence-electron chi connectivity index (χ2n) is 12.6. The minimum absolute atomic E-state index is 0.0823. The van der Waals surface area contributed by atoms with E-state index in [1.165, 1.54) is 0 Å². The van der Waals surface area contributed by atoms with E-state index in [4.69, 9.17) is 5.73 Å². The second kappa shape index (κ2) is 10.3. The van der Waals surface area contributed by atoms with Crippen molar-refractivity contribution < 1.29 is 19.8 Å². The van der Waals surface area contributed by atoms with Crippen molar-refractivity contribution in [2.45, 2.75) is 39.7 Å². The summed E-state index contributed by atoms with van der Waals surface area (Å²) in [6.07, 6.45) is 0.351. The summed E-state index contributed by atoms with van der Waals surface area (Å²) in [5.41, 5.74) is 12.2. The number of primary amides is 1. The van der Waals surface area contributed by atoms with Crippen LogP contribution in [0.25, 0.3) is 11.1 Å². The molecule has 3 aliphatic carbocycles. The lowest BCUT2D eigenvalue weighted by molar-refractivity contribution is -0.152. The highest BCUT2D eigenvalue weighted by Crippen LogP contribution is 2.56. The summed E-state index contributed by atoms with van der Waals surface area (Å²) < 4.78 is 0. The van der Waals surface area contributed by atoms with Crippen molar-refractivity contribution >= 4 is 22.8 Å². The molecule has 2 fully saturated rings. The van der Waals surface area contributed by atoms with Crippen LogP contribution in [0.5, 0.6) is 5.75 Å². The van der Waals surface area contributed by atoms with Gasteiger partial charge in [0.1, 0.15) is 11.7 Å². The normalized spacial score (nSPS) is 31.6. The molecule has 6 atom stereocenters. The van der Waals surface area contributed by atoms with Crippen LogP contribution >= 0.6 is 0 Å². The largest absolute Gasteiger partial charge is 0.507 e. The average molecular weight is 534 g/mol. The first kappa shape index (κ1) is 27.8. The Morgan fingerprint density at radius 1 is 1.21 bits per heavy atom. The van der Waals surface area contributed by atoms with Gasteiger partial charge in [0.15, 0.2) is 5.78 Å². The van der Waals surface area contributed by atoms with Crippen LogP contribution in [0.2, 0.25) is 0 Å². The molecule has 4 N–H and O–H groups in total. The molecule has 3 unspecified atom stereocenters. The van der Waals surface area contributed by atoms with Gasteiger partial charge in [-0.1, -0.05) is 38.6 Å². The maximum atomic E-state index is 13.6. The molecule has 7 nitrogen and oxygen atoms in total. The molecule has 0 radical (unpaired) electrons. The maximum absolute atomic E-state index is 13.6. The van der Waals surface area contributed by atoms with E-state index in [0.29, 0.717) is 12.8 Å². The molecule has 4 aliphatic rings.